The first-order chi connectivity index (χ1) is 8.57. The van der Waals surface area contributed by atoms with Crippen LogP contribution in [-0.4, -0.2) is 0 Å². The normalized spacial score (nSPS) is 25.1. The summed E-state index contributed by atoms with van der Waals surface area (Å²) in [6.45, 7) is 6.72. The van der Waals surface area contributed by atoms with Crippen molar-refractivity contribution in [3.8, 4) is 0 Å². The summed E-state index contributed by atoms with van der Waals surface area (Å²) in [7, 11) is 0. The Morgan fingerprint density at radius 2 is 1.44 bits per heavy atom. The summed E-state index contributed by atoms with van der Waals surface area (Å²) in [6.07, 6.45) is 13.0. The van der Waals surface area contributed by atoms with Gasteiger partial charge in [-0.15, -0.1) is 0 Å². The number of hydrogen-bond acceptors (Lipinski definition) is 0. The molecule has 0 fully saturated rings. The van der Waals surface area contributed by atoms with Crippen LogP contribution in [0.15, 0.2) is 72.4 Å². The van der Waals surface area contributed by atoms with Crippen molar-refractivity contribution in [2.75, 3.05) is 0 Å². The highest BCUT2D eigenvalue weighted by molar-refractivity contribution is 5.76. The van der Waals surface area contributed by atoms with E-state index in [4.69, 9.17) is 0 Å². The van der Waals surface area contributed by atoms with Crippen molar-refractivity contribution < 1.29 is 0 Å². The molecule has 0 unspecified atom stereocenters. The molecule has 0 saturated heterocycles. The number of allylic oxidation sites excluding steroid dienone is 8. The van der Waals surface area contributed by atoms with Gasteiger partial charge in [-0.2, -0.15) is 0 Å². The van der Waals surface area contributed by atoms with Gasteiger partial charge in [-0.1, -0.05) is 87.6 Å². The van der Waals surface area contributed by atoms with Crippen LogP contribution >= 0.6 is 0 Å². The maximum absolute atomic E-state index is 2.24. The fraction of sp³-hybridized carbons (Fsp3) is 0.222. The van der Waals surface area contributed by atoms with E-state index < -0.39 is 0 Å². The minimum Gasteiger partial charge on any atom is -0.0622 e. The molecule has 1 aliphatic rings. The van der Waals surface area contributed by atoms with Gasteiger partial charge >= 0.3 is 0 Å². The first-order valence-electron chi connectivity index (χ1n) is 6.40. The third kappa shape index (κ3) is 3.10. The highest BCUT2D eigenvalue weighted by Crippen LogP contribution is 2.28. The maximum Gasteiger partial charge on any atom is -0.0132 e. The Balaban J connectivity index is 2.33. The summed E-state index contributed by atoms with van der Waals surface area (Å²) in [6, 6.07) is 10.5. The standard InChI is InChI=1S/C18H20/c1-18(2,3)17-12-8-7-11-16(13-14-17)15-9-5-4-6-10-15/h4-14H,1-3H3/b8-7-,11-7?,12-8?,14-13-,16-11+,16-13?,17-12+,17-14?. The molecule has 1 aromatic carbocycles. The van der Waals surface area contributed by atoms with Gasteiger partial charge in [-0.05, 0) is 22.1 Å². The minimum atomic E-state index is 0.181. The average molecular weight is 236 g/mol. The SMILES string of the molecule is CC(C)(C)C1=C/C=C\C=C(c2ccccc2)/C=C\1. The summed E-state index contributed by atoms with van der Waals surface area (Å²) < 4.78 is 0. The zero-order chi connectivity index (χ0) is 13.0. The first-order valence-corrected chi connectivity index (χ1v) is 6.40. The van der Waals surface area contributed by atoms with Crippen LogP contribution in [0.3, 0.4) is 0 Å². The summed E-state index contributed by atoms with van der Waals surface area (Å²) in [4.78, 5) is 0. The third-order valence-electron chi connectivity index (χ3n) is 3.08. The predicted octanol–water partition coefficient (Wildman–Crippen LogP) is 5.17. The van der Waals surface area contributed by atoms with Crippen LogP contribution in [0.25, 0.3) is 5.57 Å². The van der Waals surface area contributed by atoms with Crippen molar-refractivity contribution in [1.29, 1.82) is 0 Å². The quantitative estimate of drug-likeness (QED) is 0.631. The van der Waals surface area contributed by atoms with Crippen LogP contribution in [0.1, 0.15) is 26.3 Å². The molecule has 0 heterocycles. The third-order valence-corrected chi connectivity index (χ3v) is 3.08. The molecule has 0 radical (unpaired) electrons. The van der Waals surface area contributed by atoms with Gasteiger partial charge in [0.05, 0.1) is 0 Å². The van der Waals surface area contributed by atoms with Crippen LogP contribution in [0, 0.1) is 5.41 Å². The van der Waals surface area contributed by atoms with E-state index in [1.165, 1.54) is 16.7 Å². The molecule has 2 rings (SSSR count). The Bertz CT molecular complexity index is 517. The van der Waals surface area contributed by atoms with Crippen LogP contribution in [-0.2, 0) is 0 Å². The molecule has 0 amide bonds. The highest BCUT2D eigenvalue weighted by atomic mass is 14.2. The summed E-state index contributed by atoms with van der Waals surface area (Å²) in [5.41, 5.74) is 4.04. The average Bonchev–Trinajstić information content (AvgIpc) is 2.28. The molecule has 0 aliphatic heterocycles. The number of hydrogen-bond donors (Lipinski definition) is 0. The van der Waals surface area contributed by atoms with E-state index in [1.54, 1.807) is 0 Å². The summed E-state index contributed by atoms with van der Waals surface area (Å²) in [5.74, 6) is 0. The lowest BCUT2D eigenvalue weighted by Gasteiger charge is -2.20. The van der Waals surface area contributed by atoms with E-state index in [2.05, 4.69) is 81.5 Å². The fourth-order valence-corrected chi connectivity index (χ4v) is 1.93. The smallest absolute Gasteiger partial charge is 0.0132 e. The second-order valence-electron chi connectivity index (χ2n) is 5.58. The molecule has 92 valence electrons. The van der Waals surface area contributed by atoms with E-state index in [-0.39, 0.29) is 5.41 Å². The van der Waals surface area contributed by atoms with Crippen molar-refractivity contribution in [2.45, 2.75) is 20.8 Å². The molecule has 18 heavy (non-hydrogen) atoms. The van der Waals surface area contributed by atoms with Crippen molar-refractivity contribution >= 4 is 5.57 Å². The van der Waals surface area contributed by atoms with Gasteiger partial charge in [0.2, 0.25) is 0 Å². The van der Waals surface area contributed by atoms with Gasteiger partial charge in [0.15, 0.2) is 0 Å². The second kappa shape index (κ2) is 5.22. The summed E-state index contributed by atoms with van der Waals surface area (Å²) in [5, 5.41) is 0. The van der Waals surface area contributed by atoms with Gasteiger partial charge in [0, 0.05) is 0 Å². The van der Waals surface area contributed by atoms with Crippen molar-refractivity contribution in [3.05, 3.63) is 77.9 Å². The molecule has 0 N–H and O–H groups in total. The molecular weight excluding hydrogens is 216 g/mol. The molecule has 0 heteroatoms. The van der Waals surface area contributed by atoms with E-state index >= 15 is 0 Å². The maximum atomic E-state index is 2.24. The highest BCUT2D eigenvalue weighted by Gasteiger charge is 2.14. The van der Waals surface area contributed by atoms with Crippen LogP contribution in [0.2, 0.25) is 0 Å². The molecule has 1 aromatic rings. The molecule has 0 spiro atoms. The fourth-order valence-electron chi connectivity index (χ4n) is 1.93. The predicted molar refractivity (Wildman–Crippen MR) is 80.2 cm³/mol. The lowest BCUT2D eigenvalue weighted by Crippen LogP contribution is -2.07. The van der Waals surface area contributed by atoms with Gasteiger partial charge < -0.3 is 0 Å². The van der Waals surface area contributed by atoms with Gasteiger partial charge in [-0.3, -0.25) is 0 Å². The van der Waals surface area contributed by atoms with Crippen LogP contribution in [0.4, 0.5) is 0 Å². The minimum absolute atomic E-state index is 0.181. The van der Waals surface area contributed by atoms with Gasteiger partial charge in [0.25, 0.3) is 0 Å². The zero-order valence-electron chi connectivity index (χ0n) is 11.4. The Morgan fingerprint density at radius 1 is 0.778 bits per heavy atom. The molecule has 0 atom stereocenters. The Labute approximate surface area is 110 Å². The van der Waals surface area contributed by atoms with Gasteiger partial charge in [0.1, 0.15) is 0 Å². The van der Waals surface area contributed by atoms with Crippen molar-refractivity contribution in [2.24, 2.45) is 5.41 Å². The Kier molecular flexibility index (Phi) is 3.66. The molecular formula is C18H20. The van der Waals surface area contributed by atoms with Gasteiger partial charge in [-0.25, -0.2) is 0 Å². The molecule has 1 aliphatic carbocycles. The lowest BCUT2D eigenvalue weighted by molar-refractivity contribution is 0.517. The molecule has 0 saturated carbocycles. The number of rotatable bonds is 1. The lowest BCUT2D eigenvalue weighted by atomic mass is 9.85. The first kappa shape index (κ1) is 12.6. The number of benzene rings is 1. The molecule has 0 bridgehead atoms. The molecule has 0 aromatic heterocycles. The zero-order valence-corrected chi connectivity index (χ0v) is 11.4. The van der Waals surface area contributed by atoms with Crippen LogP contribution in [0.5, 0.6) is 0 Å². The second-order valence-corrected chi connectivity index (χ2v) is 5.58. The van der Waals surface area contributed by atoms with E-state index in [0.717, 1.165) is 0 Å². The Hall–Kier alpha value is -1.82. The summed E-state index contributed by atoms with van der Waals surface area (Å²) >= 11 is 0. The Morgan fingerprint density at radius 3 is 2.11 bits per heavy atom. The van der Waals surface area contributed by atoms with E-state index in [0.29, 0.717) is 0 Å². The monoisotopic (exact) mass is 236 g/mol. The van der Waals surface area contributed by atoms with Crippen LogP contribution < -0.4 is 0 Å². The van der Waals surface area contributed by atoms with E-state index in [9.17, 15) is 0 Å². The topological polar surface area (TPSA) is 0 Å². The van der Waals surface area contributed by atoms with Crippen molar-refractivity contribution in [1.82, 2.24) is 0 Å². The van der Waals surface area contributed by atoms with Crippen molar-refractivity contribution in [3.63, 3.8) is 0 Å². The van der Waals surface area contributed by atoms with E-state index in [1.807, 2.05) is 6.07 Å². The largest absolute Gasteiger partial charge is 0.0622 e. The molecule has 0 nitrogen and oxygen atoms in total.